The molecule has 2 aromatic rings. The van der Waals surface area contributed by atoms with E-state index in [1.165, 1.54) is 23.0 Å². The Morgan fingerprint density at radius 3 is 2.58 bits per heavy atom. The second kappa shape index (κ2) is 6.32. The molecule has 7 nitrogen and oxygen atoms in total. The highest BCUT2D eigenvalue weighted by molar-refractivity contribution is 7.88. The summed E-state index contributed by atoms with van der Waals surface area (Å²) in [7, 11) is -5.79. The van der Waals surface area contributed by atoms with Crippen LogP contribution in [0.3, 0.4) is 0 Å². The third kappa shape index (κ3) is 3.97. The Morgan fingerprint density at radius 1 is 1.42 bits per heavy atom. The molecule has 1 heterocycles. The molecule has 0 radical (unpaired) electrons. The molecule has 2 rings (SSSR count). The van der Waals surface area contributed by atoms with Gasteiger partial charge in [-0.15, -0.1) is 0 Å². The van der Waals surface area contributed by atoms with Crippen LogP contribution >= 0.6 is 11.6 Å². The summed E-state index contributed by atoms with van der Waals surface area (Å²) < 4.78 is 64.0. The van der Waals surface area contributed by atoms with Gasteiger partial charge in [0.25, 0.3) is 0 Å². The number of nitrogens with two attached hydrogens (primary N) is 1. The number of anilines is 1. The maximum absolute atomic E-state index is 12.3. The minimum absolute atomic E-state index is 0.145. The van der Waals surface area contributed by atoms with Gasteiger partial charge < -0.3 is 9.92 Å². The van der Waals surface area contributed by atoms with E-state index in [9.17, 15) is 21.6 Å². The van der Waals surface area contributed by atoms with Crippen LogP contribution in [0.4, 0.5) is 19.1 Å². The van der Waals surface area contributed by atoms with Gasteiger partial charge in [0.1, 0.15) is 0 Å². The fourth-order valence-corrected chi connectivity index (χ4v) is 2.31. The Kier molecular flexibility index (Phi) is 4.76. The van der Waals surface area contributed by atoms with E-state index in [1.807, 2.05) is 0 Å². The molecule has 2 N–H and O–H groups in total. The van der Waals surface area contributed by atoms with E-state index in [-0.39, 0.29) is 11.0 Å². The summed E-state index contributed by atoms with van der Waals surface area (Å²) in [6.07, 6.45) is 2.87. The zero-order valence-corrected chi connectivity index (χ0v) is 13.5. The van der Waals surface area contributed by atoms with E-state index >= 15 is 0 Å². The van der Waals surface area contributed by atoms with Crippen LogP contribution in [0.15, 0.2) is 29.5 Å². The van der Waals surface area contributed by atoms with Gasteiger partial charge in [0.05, 0.1) is 23.1 Å². The molecule has 0 atom stereocenters. The molecule has 1 aromatic heterocycles. The average molecular weight is 383 g/mol. The summed E-state index contributed by atoms with van der Waals surface area (Å²) >= 11 is 5.74. The maximum Gasteiger partial charge on any atom is 0.534 e. The largest absolute Gasteiger partial charge is 0.534 e. The van der Waals surface area contributed by atoms with Gasteiger partial charge in [-0.3, -0.25) is 0 Å². The van der Waals surface area contributed by atoms with Gasteiger partial charge in [-0.25, -0.2) is 9.66 Å². The third-order valence-electron chi connectivity index (χ3n) is 2.60. The number of benzene rings is 1. The van der Waals surface area contributed by atoms with Crippen LogP contribution in [-0.4, -0.2) is 29.8 Å². The Bertz CT molecular complexity index is 893. The number of nitrogen functional groups attached to an aromatic ring is 1. The van der Waals surface area contributed by atoms with Gasteiger partial charge in [-0.05, 0) is 30.7 Å². The number of hydrogen-bond acceptors (Lipinski definition) is 6. The third-order valence-corrected chi connectivity index (χ3v) is 3.87. The van der Waals surface area contributed by atoms with Gasteiger partial charge >= 0.3 is 15.6 Å². The smallest absolute Gasteiger partial charge is 0.374 e. The molecule has 0 amide bonds. The molecule has 0 unspecified atom stereocenters. The summed E-state index contributed by atoms with van der Waals surface area (Å²) in [5.74, 6) is -0.504. The summed E-state index contributed by atoms with van der Waals surface area (Å²) in [5.41, 5.74) is 1.06. The Labute approximate surface area is 139 Å². The number of aromatic nitrogens is 2. The van der Waals surface area contributed by atoms with Crippen LogP contribution in [0.25, 0.3) is 0 Å². The summed E-state index contributed by atoms with van der Waals surface area (Å²) in [6.45, 7) is 1.71. The maximum atomic E-state index is 12.3. The van der Waals surface area contributed by atoms with E-state index in [4.69, 9.17) is 17.3 Å². The van der Waals surface area contributed by atoms with Crippen LogP contribution in [-0.2, 0) is 10.1 Å². The molecule has 130 valence electrons. The first-order chi connectivity index (χ1) is 11.0. The van der Waals surface area contributed by atoms with E-state index in [0.29, 0.717) is 11.3 Å². The SMILES string of the molecule is Cc1cn(N=Cc2ccc(OS(=O)(=O)C(F)(F)F)c(Cl)c2)c(N)n1. The first kappa shape index (κ1) is 18.1. The van der Waals surface area contributed by atoms with Gasteiger partial charge in [0.2, 0.25) is 5.95 Å². The van der Waals surface area contributed by atoms with Crippen LogP contribution < -0.4 is 9.92 Å². The molecule has 0 bridgehead atoms. The highest BCUT2D eigenvalue weighted by atomic mass is 35.5. The van der Waals surface area contributed by atoms with Crippen molar-refractivity contribution >= 4 is 33.9 Å². The van der Waals surface area contributed by atoms with Crippen LogP contribution in [0.2, 0.25) is 5.02 Å². The summed E-state index contributed by atoms with van der Waals surface area (Å²) in [4.78, 5) is 3.93. The number of halogens is 4. The molecule has 0 aliphatic rings. The van der Waals surface area contributed by atoms with Crippen molar-refractivity contribution in [1.82, 2.24) is 9.66 Å². The second-order valence-electron chi connectivity index (χ2n) is 4.50. The lowest BCUT2D eigenvalue weighted by Gasteiger charge is -2.10. The van der Waals surface area contributed by atoms with Crippen molar-refractivity contribution in [3.63, 3.8) is 0 Å². The molecule has 0 aliphatic carbocycles. The minimum atomic E-state index is -5.79. The van der Waals surface area contributed by atoms with Crippen LogP contribution in [0.5, 0.6) is 5.75 Å². The van der Waals surface area contributed by atoms with Gasteiger partial charge in [0.15, 0.2) is 5.75 Å². The summed E-state index contributed by atoms with van der Waals surface area (Å²) in [5, 5.41) is 3.66. The molecule has 0 saturated heterocycles. The van der Waals surface area contributed by atoms with Gasteiger partial charge in [0, 0.05) is 0 Å². The number of alkyl halides is 3. The number of aryl methyl sites for hydroxylation is 1. The lowest BCUT2D eigenvalue weighted by atomic mass is 10.2. The van der Waals surface area contributed by atoms with Crippen molar-refractivity contribution in [2.45, 2.75) is 12.4 Å². The highest BCUT2D eigenvalue weighted by Crippen LogP contribution is 2.31. The number of imidazole rings is 1. The van der Waals surface area contributed by atoms with E-state index in [0.717, 1.165) is 6.07 Å². The van der Waals surface area contributed by atoms with Crippen molar-refractivity contribution < 1.29 is 25.8 Å². The topological polar surface area (TPSA) is 99.6 Å². The molecule has 0 aliphatic heterocycles. The Balaban J connectivity index is 2.23. The lowest BCUT2D eigenvalue weighted by molar-refractivity contribution is -0.0500. The fourth-order valence-electron chi connectivity index (χ4n) is 1.56. The van der Waals surface area contributed by atoms with E-state index < -0.39 is 21.4 Å². The molecular formula is C12H10ClF3N4O3S. The molecule has 0 saturated carbocycles. The molecule has 12 heteroatoms. The molecular weight excluding hydrogens is 373 g/mol. The zero-order chi connectivity index (χ0) is 18.1. The lowest BCUT2D eigenvalue weighted by Crippen LogP contribution is -2.28. The normalized spacial score (nSPS) is 12.7. The van der Waals surface area contributed by atoms with Crippen LogP contribution in [0, 0.1) is 6.92 Å². The number of nitrogens with zero attached hydrogens (tertiary/aromatic N) is 3. The standard InChI is InChI=1S/C12H10ClF3N4O3S/c1-7-6-20(11(17)19-7)18-5-8-2-3-10(9(13)4-8)23-24(21,22)12(14,15)16/h2-6H,1H3,(H2,17,19). The molecule has 1 aromatic carbocycles. The van der Waals surface area contributed by atoms with E-state index in [1.54, 1.807) is 13.1 Å². The quantitative estimate of drug-likeness (QED) is 0.497. The first-order valence-corrected chi connectivity index (χ1v) is 7.94. The van der Waals surface area contributed by atoms with Gasteiger partial charge in [-0.1, -0.05) is 11.6 Å². The summed E-state index contributed by atoms with van der Waals surface area (Å²) in [6, 6.07) is 3.44. The number of rotatable bonds is 4. The van der Waals surface area contributed by atoms with Gasteiger partial charge in [-0.2, -0.15) is 26.7 Å². The molecule has 24 heavy (non-hydrogen) atoms. The van der Waals surface area contributed by atoms with Crippen molar-refractivity contribution in [2.75, 3.05) is 5.73 Å². The minimum Gasteiger partial charge on any atom is -0.374 e. The van der Waals surface area contributed by atoms with E-state index in [2.05, 4.69) is 14.3 Å². The Hall–Kier alpha value is -2.27. The average Bonchev–Trinajstić information content (AvgIpc) is 2.76. The molecule has 0 fully saturated rings. The van der Waals surface area contributed by atoms with Crippen molar-refractivity contribution in [2.24, 2.45) is 5.10 Å². The van der Waals surface area contributed by atoms with Crippen molar-refractivity contribution in [1.29, 1.82) is 0 Å². The van der Waals surface area contributed by atoms with Crippen molar-refractivity contribution in [3.8, 4) is 5.75 Å². The number of hydrogen-bond donors (Lipinski definition) is 1. The van der Waals surface area contributed by atoms with Crippen molar-refractivity contribution in [3.05, 3.63) is 40.7 Å². The Morgan fingerprint density at radius 2 is 2.08 bits per heavy atom. The predicted molar refractivity (Wildman–Crippen MR) is 81.4 cm³/mol. The molecule has 0 spiro atoms. The zero-order valence-electron chi connectivity index (χ0n) is 12.0. The monoisotopic (exact) mass is 382 g/mol. The van der Waals surface area contributed by atoms with Crippen LogP contribution in [0.1, 0.15) is 11.3 Å². The second-order valence-corrected chi connectivity index (χ2v) is 6.45. The first-order valence-electron chi connectivity index (χ1n) is 6.16. The highest BCUT2D eigenvalue weighted by Gasteiger charge is 2.48. The fraction of sp³-hybridized carbons (Fsp3) is 0.167. The predicted octanol–water partition coefficient (Wildman–Crippen LogP) is 2.54.